The highest BCUT2D eigenvalue weighted by Gasteiger charge is 2.21. The van der Waals surface area contributed by atoms with Gasteiger partial charge in [0.2, 0.25) is 0 Å². The minimum atomic E-state index is 0.180. The van der Waals surface area contributed by atoms with Crippen LogP contribution in [0.4, 0.5) is 0 Å². The van der Waals surface area contributed by atoms with E-state index in [2.05, 4.69) is 12.2 Å². The molecule has 1 saturated heterocycles. The SMILES string of the molecule is CC1CCNC(CC(=O)c2cccc(Cl)c2)C1. The van der Waals surface area contributed by atoms with Crippen LogP contribution in [0.2, 0.25) is 5.02 Å². The van der Waals surface area contributed by atoms with Crippen LogP contribution in [0, 0.1) is 5.92 Å². The lowest BCUT2D eigenvalue weighted by atomic mass is 9.90. The van der Waals surface area contributed by atoms with Gasteiger partial charge in [-0.15, -0.1) is 0 Å². The van der Waals surface area contributed by atoms with E-state index in [4.69, 9.17) is 11.6 Å². The van der Waals surface area contributed by atoms with Gasteiger partial charge in [0.15, 0.2) is 5.78 Å². The van der Waals surface area contributed by atoms with Gasteiger partial charge in [-0.05, 0) is 37.4 Å². The van der Waals surface area contributed by atoms with Crippen LogP contribution in [-0.4, -0.2) is 18.4 Å². The van der Waals surface area contributed by atoms with Gasteiger partial charge in [0.1, 0.15) is 0 Å². The molecule has 1 aliphatic rings. The molecule has 2 unspecified atom stereocenters. The average Bonchev–Trinajstić information content (AvgIpc) is 2.29. The van der Waals surface area contributed by atoms with E-state index in [9.17, 15) is 4.79 Å². The van der Waals surface area contributed by atoms with Crippen molar-refractivity contribution in [3.05, 3.63) is 34.9 Å². The molecule has 92 valence electrons. The molecule has 2 rings (SSSR count). The summed E-state index contributed by atoms with van der Waals surface area (Å²) in [4.78, 5) is 12.1. The summed E-state index contributed by atoms with van der Waals surface area (Å²) in [5.74, 6) is 0.896. The van der Waals surface area contributed by atoms with Gasteiger partial charge in [0, 0.05) is 23.0 Å². The summed E-state index contributed by atoms with van der Waals surface area (Å²) in [6.07, 6.45) is 2.87. The minimum Gasteiger partial charge on any atom is -0.314 e. The van der Waals surface area contributed by atoms with Crippen molar-refractivity contribution in [1.29, 1.82) is 0 Å². The van der Waals surface area contributed by atoms with Crippen LogP contribution in [0.5, 0.6) is 0 Å². The van der Waals surface area contributed by atoms with Crippen LogP contribution in [-0.2, 0) is 0 Å². The van der Waals surface area contributed by atoms with Gasteiger partial charge in [-0.2, -0.15) is 0 Å². The molecule has 0 bridgehead atoms. The van der Waals surface area contributed by atoms with Crippen molar-refractivity contribution >= 4 is 17.4 Å². The Bertz CT molecular complexity index is 405. The van der Waals surface area contributed by atoms with Crippen molar-refractivity contribution < 1.29 is 4.79 Å². The molecule has 17 heavy (non-hydrogen) atoms. The molecule has 0 spiro atoms. The lowest BCUT2D eigenvalue weighted by Gasteiger charge is -2.27. The Hall–Kier alpha value is -0.860. The zero-order valence-corrected chi connectivity index (χ0v) is 10.8. The number of Topliss-reactive ketones (excluding diaryl/α,β-unsaturated/α-hetero) is 1. The van der Waals surface area contributed by atoms with Gasteiger partial charge in [0.05, 0.1) is 0 Å². The Labute approximate surface area is 107 Å². The molecule has 0 aliphatic carbocycles. The number of nitrogens with one attached hydrogen (secondary N) is 1. The summed E-state index contributed by atoms with van der Waals surface area (Å²) < 4.78 is 0. The standard InChI is InChI=1S/C14H18ClNO/c1-10-5-6-16-13(7-10)9-14(17)11-3-2-4-12(15)8-11/h2-4,8,10,13,16H,5-7,9H2,1H3. The van der Waals surface area contributed by atoms with Crippen LogP contribution >= 0.6 is 11.6 Å². The van der Waals surface area contributed by atoms with Crippen molar-refractivity contribution in [3.8, 4) is 0 Å². The average molecular weight is 252 g/mol. The molecule has 1 aliphatic heterocycles. The molecule has 1 fully saturated rings. The molecule has 0 radical (unpaired) electrons. The molecule has 1 aromatic rings. The van der Waals surface area contributed by atoms with Crippen LogP contribution in [0.1, 0.15) is 36.5 Å². The predicted molar refractivity (Wildman–Crippen MR) is 70.6 cm³/mol. The second-order valence-electron chi connectivity index (χ2n) is 4.92. The molecule has 2 atom stereocenters. The van der Waals surface area contributed by atoms with E-state index in [1.165, 1.54) is 6.42 Å². The van der Waals surface area contributed by atoms with Gasteiger partial charge in [-0.25, -0.2) is 0 Å². The summed E-state index contributed by atoms with van der Waals surface area (Å²) in [5.41, 5.74) is 0.720. The minimum absolute atomic E-state index is 0.180. The number of hydrogen-bond donors (Lipinski definition) is 1. The third-order valence-corrected chi connectivity index (χ3v) is 3.57. The number of rotatable bonds is 3. The highest BCUT2D eigenvalue weighted by atomic mass is 35.5. The van der Waals surface area contributed by atoms with Gasteiger partial charge in [-0.3, -0.25) is 4.79 Å². The maximum absolute atomic E-state index is 12.1. The summed E-state index contributed by atoms with van der Waals surface area (Å²) in [6.45, 7) is 3.27. The first-order valence-electron chi connectivity index (χ1n) is 6.17. The van der Waals surface area contributed by atoms with Gasteiger partial charge < -0.3 is 5.32 Å². The second-order valence-corrected chi connectivity index (χ2v) is 5.35. The van der Waals surface area contributed by atoms with E-state index in [1.807, 2.05) is 12.1 Å². The Morgan fingerprint density at radius 3 is 3.06 bits per heavy atom. The lowest BCUT2D eigenvalue weighted by molar-refractivity contribution is 0.0959. The van der Waals surface area contributed by atoms with E-state index in [0.717, 1.165) is 18.5 Å². The van der Waals surface area contributed by atoms with E-state index >= 15 is 0 Å². The summed E-state index contributed by atoms with van der Waals surface area (Å²) in [7, 11) is 0. The zero-order chi connectivity index (χ0) is 12.3. The fourth-order valence-electron chi connectivity index (χ4n) is 2.38. The molecular weight excluding hydrogens is 234 g/mol. The molecule has 1 heterocycles. The fraction of sp³-hybridized carbons (Fsp3) is 0.500. The number of carbonyl (C=O) groups is 1. The molecule has 3 heteroatoms. The zero-order valence-electron chi connectivity index (χ0n) is 10.1. The highest BCUT2D eigenvalue weighted by Crippen LogP contribution is 2.19. The van der Waals surface area contributed by atoms with E-state index in [0.29, 0.717) is 23.4 Å². The normalized spacial score (nSPS) is 24.6. The molecule has 0 aromatic heterocycles. The van der Waals surface area contributed by atoms with Crippen molar-refractivity contribution in [2.45, 2.75) is 32.2 Å². The summed E-state index contributed by atoms with van der Waals surface area (Å²) in [5, 5.41) is 4.04. The van der Waals surface area contributed by atoms with Crippen LogP contribution < -0.4 is 5.32 Å². The third-order valence-electron chi connectivity index (χ3n) is 3.34. The largest absolute Gasteiger partial charge is 0.314 e. The number of ketones is 1. The first kappa shape index (κ1) is 12.6. The van der Waals surface area contributed by atoms with Crippen molar-refractivity contribution in [1.82, 2.24) is 5.32 Å². The first-order valence-corrected chi connectivity index (χ1v) is 6.55. The number of benzene rings is 1. The van der Waals surface area contributed by atoms with Gasteiger partial charge in [-0.1, -0.05) is 30.7 Å². The second kappa shape index (κ2) is 5.65. The monoisotopic (exact) mass is 251 g/mol. The Kier molecular flexibility index (Phi) is 4.19. The number of carbonyl (C=O) groups excluding carboxylic acids is 1. The molecule has 0 saturated carbocycles. The molecule has 1 aromatic carbocycles. The molecule has 2 nitrogen and oxygen atoms in total. The third kappa shape index (κ3) is 3.55. The summed E-state index contributed by atoms with van der Waals surface area (Å²) >= 11 is 5.89. The molecule has 0 amide bonds. The van der Waals surface area contributed by atoms with Crippen molar-refractivity contribution in [2.24, 2.45) is 5.92 Å². The Morgan fingerprint density at radius 1 is 1.53 bits per heavy atom. The Balaban J connectivity index is 1.97. The molecule has 1 N–H and O–H groups in total. The van der Waals surface area contributed by atoms with Crippen molar-refractivity contribution in [2.75, 3.05) is 6.54 Å². The van der Waals surface area contributed by atoms with E-state index in [1.54, 1.807) is 12.1 Å². The lowest BCUT2D eigenvalue weighted by Crippen LogP contribution is -2.38. The maximum Gasteiger partial charge on any atom is 0.164 e. The van der Waals surface area contributed by atoms with E-state index < -0.39 is 0 Å². The first-order chi connectivity index (χ1) is 8.15. The Morgan fingerprint density at radius 2 is 2.35 bits per heavy atom. The van der Waals surface area contributed by atoms with Gasteiger partial charge in [0.25, 0.3) is 0 Å². The number of hydrogen-bond acceptors (Lipinski definition) is 2. The quantitative estimate of drug-likeness (QED) is 0.836. The van der Waals surface area contributed by atoms with Crippen LogP contribution in [0.15, 0.2) is 24.3 Å². The number of piperidine rings is 1. The smallest absolute Gasteiger partial charge is 0.164 e. The predicted octanol–water partition coefficient (Wildman–Crippen LogP) is 3.30. The van der Waals surface area contributed by atoms with Crippen molar-refractivity contribution in [3.63, 3.8) is 0 Å². The van der Waals surface area contributed by atoms with E-state index in [-0.39, 0.29) is 5.78 Å². The topological polar surface area (TPSA) is 29.1 Å². The maximum atomic E-state index is 12.1. The summed E-state index contributed by atoms with van der Waals surface area (Å²) in [6, 6.07) is 7.52. The molecular formula is C14H18ClNO. The fourth-order valence-corrected chi connectivity index (χ4v) is 2.57. The van der Waals surface area contributed by atoms with Crippen LogP contribution in [0.25, 0.3) is 0 Å². The number of halogens is 1. The highest BCUT2D eigenvalue weighted by molar-refractivity contribution is 6.31. The van der Waals surface area contributed by atoms with Gasteiger partial charge >= 0.3 is 0 Å². The van der Waals surface area contributed by atoms with Crippen LogP contribution in [0.3, 0.4) is 0 Å².